The Bertz CT molecular complexity index is 629. The van der Waals surface area contributed by atoms with Gasteiger partial charge in [-0.05, 0) is 48.9 Å². The van der Waals surface area contributed by atoms with Gasteiger partial charge in [0, 0.05) is 24.8 Å². The van der Waals surface area contributed by atoms with E-state index in [1.165, 1.54) is 37.5 Å². The molecule has 1 fully saturated rings. The second-order valence-corrected chi connectivity index (χ2v) is 6.10. The molecule has 0 aliphatic heterocycles. The normalized spacial score (nSPS) is 16.1. The molecule has 0 radical (unpaired) electrons. The van der Waals surface area contributed by atoms with Gasteiger partial charge in [-0.15, -0.1) is 0 Å². The summed E-state index contributed by atoms with van der Waals surface area (Å²) in [5.74, 6) is 0.880. The summed E-state index contributed by atoms with van der Waals surface area (Å²) in [7, 11) is 0. The van der Waals surface area contributed by atoms with Crippen molar-refractivity contribution in [2.45, 2.75) is 38.6 Å². The minimum absolute atomic E-state index is 0.734. The van der Waals surface area contributed by atoms with Gasteiger partial charge in [-0.1, -0.05) is 25.3 Å². The van der Waals surface area contributed by atoms with Crippen LogP contribution in [0.1, 0.15) is 37.7 Å². The lowest BCUT2D eigenvalue weighted by Crippen LogP contribution is -2.27. The molecule has 0 saturated heterocycles. The molecule has 2 aromatic rings. The van der Waals surface area contributed by atoms with Crippen molar-refractivity contribution in [1.82, 2.24) is 9.88 Å². The lowest BCUT2D eigenvalue weighted by atomic mass is 9.89. The standard InChI is InChI=1S/C18H23N3/c19-13-16-6-7-17-8-10-21(18(17)12-16)11-9-20-14-15-4-2-1-3-5-15/h6-8,10,12,15,20H,1-5,9,11,14H2. The molecule has 0 unspecified atom stereocenters. The fourth-order valence-corrected chi connectivity index (χ4v) is 3.35. The molecule has 1 saturated carbocycles. The van der Waals surface area contributed by atoms with Crippen LogP contribution in [0.4, 0.5) is 0 Å². The summed E-state index contributed by atoms with van der Waals surface area (Å²) < 4.78 is 2.24. The number of nitrogens with one attached hydrogen (secondary N) is 1. The van der Waals surface area contributed by atoms with Crippen molar-refractivity contribution in [2.24, 2.45) is 5.92 Å². The smallest absolute Gasteiger partial charge is 0.0992 e. The largest absolute Gasteiger partial charge is 0.346 e. The minimum Gasteiger partial charge on any atom is -0.346 e. The number of hydrogen-bond donors (Lipinski definition) is 1. The second kappa shape index (κ2) is 6.78. The van der Waals surface area contributed by atoms with Gasteiger partial charge in [0.2, 0.25) is 0 Å². The van der Waals surface area contributed by atoms with Crippen LogP contribution in [0.15, 0.2) is 30.5 Å². The second-order valence-electron chi connectivity index (χ2n) is 6.10. The maximum Gasteiger partial charge on any atom is 0.0992 e. The highest BCUT2D eigenvalue weighted by Gasteiger charge is 2.12. The van der Waals surface area contributed by atoms with Crippen LogP contribution in [0.25, 0.3) is 10.9 Å². The first-order chi connectivity index (χ1) is 10.4. The Morgan fingerprint density at radius 3 is 2.86 bits per heavy atom. The number of fused-ring (bicyclic) bond motifs is 1. The van der Waals surface area contributed by atoms with E-state index in [0.717, 1.165) is 36.6 Å². The van der Waals surface area contributed by atoms with Gasteiger partial charge in [0.05, 0.1) is 11.6 Å². The van der Waals surface area contributed by atoms with Crippen molar-refractivity contribution in [1.29, 1.82) is 5.26 Å². The summed E-state index contributed by atoms with van der Waals surface area (Å²) in [6.07, 6.45) is 9.15. The summed E-state index contributed by atoms with van der Waals surface area (Å²) in [6.45, 7) is 3.12. The van der Waals surface area contributed by atoms with Crippen LogP contribution >= 0.6 is 0 Å². The van der Waals surface area contributed by atoms with Crippen LogP contribution in [0.2, 0.25) is 0 Å². The molecule has 1 aromatic heterocycles. The third-order valence-corrected chi connectivity index (χ3v) is 4.59. The maximum absolute atomic E-state index is 9.01. The van der Waals surface area contributed by atoms with Crippen molar-refractivity contribution in [3.05, 3.63) is 36.0 Å². The molecule has 1 aliphatic rings. The maximum atomic E-state index is 9.01. The molecule has 1 aliphatic carbocycles. The number of benzene rings is 1. The van der Waals surface area contributed by atoms with Gasteiger partial charge in [0.1, 0.15) is 0 Å². The predicted octanol–water partition coefficient (Wildman–Crippen LogP) is 3.68. The van der Waals surface area contributed by atoms with E-state index >= 15 is 0 Å². The third-order valence-electron chi connectivity index (χ3n) is 4.59. The van der Waals surface area contributed by atoms with Crippen LogP contribution in [0.5, 0.6) is 0 Å². The minimum atomic E-state index is 0.734. The highest BCUT2D eigenvalue weighted by Crippen LogP contribution is 2.22. The monoisotopic (exact) mass is 281 g/mol. The van der Waals surface area contributed by atoms with Gasteiger partial charge in [0.15, 0.2) is 0 Å². The molecule has 3 nitrogen and oxygen atoms in total. The Balaban J connectivity index is 1.54. The molecule has 110 valence electrons. The lowest BCUT2D eigenvalue weighted by Gasteiger charge is -2.21. The quantitative estimate of drug-likeness (QED) is 0.849. The zero-order chi connectivity index (χ0) is 14.5. The third kappa shape index (κ3) is 3.46. The van der Waals surface area contributed by atoms with Gasteiger partial charge >= 0.3 is 0 Å². The van der Waals surface area contributed by atoms with Gasteiger partial charge < -0.3 is 9.88 Å². The number of nitrogens with zero attached hydrogens (tertiary/aromatic N) is 2. The zero-order valence-corrected chi connectivity index (χ0v) is 12.5. The average molecular weight is 281 g/mol. The van der Waals surface area contributed by atoms with E-state index < -0.39 is 0 Å². The first-order valence-corrected chi connectivity index (χ1v) is 8.06. The lowest BCUT2D eigenvalue weighted by molar-refractivity contribution is 0.341. The Kier molecular flexibility index (Phi) is 4.57. The molecule has 3 rings (SSSR count). The average Bonchev–Trinajstić information content (AvgIpc) is 2.95. The first kappa shape index (κ1) is 14.2. The van der Waals surface area contributed by atoms with Crippen molar-refractivity contribution < 1.29 is 0 Å². The van der Waals surface area contributed by atoms with E-state index in [9.17, 15) is 0 Å². The molecule has 21 heavy (non-hydrogen) atoms. The number of nitriles is 1. The van der Waals surface area contributed by atoms with E-state index in [1.54, 1.807) is 0 Å². The van der Waals surface area contributed by atoms with Crippen LogP contribution in [0, 0.1) is 17.2 Å². The Morgan fingerprint density at radius 1 is 1.19 bits per heavy atom. The summed E-state index contributed by atoms with van der Waals surface area (Å²) in [4.78, 5) is 0. The number of hydrogen-bond acceptors (Lipinski definition) is 2. The molecular weight excluding hydrogens is 258 g/mol. The van der Waals surface area contributed by atoms with E-state index in [0.29, 0.717) is 0 Å². The highest BCUT2D eigenvalue weighted by molar-refractivity contribution is 5.81. The van der Waals surface area contributed by atoms with Crippen molar-refractivity contribution in [3.63, 3.8) is 0 Å². The molecule has 1 heterocycles. The van der Waals surface area contributed by atoms with Crippen molar-refractivity contribution >= 4 is 10.9 Å². The topological polar surface area (TPSA) is 40.8 Å². The molecule has 0 spiro atoms. The molecular formula is C18H23N3. The zero-order valence-electron chi connectivity index (χ0n) is 12.5. The van der Waals surface area contributed by atoms with Crippen LogP contribution in [-0.4, -0.2) is 17.7 Å². The fourth-order valence-electron chi connectivity index (χ4n) is 3.35. The Morgan fingerprint density at radius 2 is 2.05 bits per heavy atom. The molecule has 1 aromatic carbocycles. The number of rotatable bonds is 5. The van der Waals surface area contributed by atoms with Crippen LogP contribution < -0.4 is 5.32 Å². The Labute approximate surface area is 126 Å². The summed E-state index contributed by atoms with van der Waals surface area (Å²) in [6, 6.07) is 10.2. The summed E-state index contributed by atoms with van der Waals surface area (Å²) in [5.41, 5.74) is 1.89. The SMILES string of the molecule is N#Cc1ccc2ccn(CCNCC3CCCCC3)c2c1. The summed E-state index contributed by atoms with van der Waals surface area (Å²) >= 11 is 0. The molecule has 0 bridgehead atoms. The van der Waals surface area contributed by atoms with Gasteiger partial charge in [-0.25, -0.2) is 0 Å². The van der Waals surface area contributed by atoms with Gasteiger partial charge in [-0.2, -0.15) is 5.26 Å². The molecule has 0 amide bonds. The molecule has 3 heteroatoms. The fraction of sp³-hybridized carbons (Fsp3) is 0.500. The first-order valence-electron chi connectivity index (χ1n) is 8.06. The molecule has 1 N–H and O–H groups in total. The highest BCUT2D eigenvalue weighted by atomic mass is 15.0. The van der Waals surface area contributed by atoms with Gasteiger partial charge in [-0.3, -0.25) is 0 Å². The molecule has 0 atom stereocenters. The number of aromatic nitrogens is 1. The Hall–Kier alpha value is -1.79. The van der Waals surface area contributed by atoms with Crippen molar-refractivity contribution in [2.75, 3.05) is 13.1 Å². The van der Waals surface area contributed by atoms with E-state index in [1.807, 2.05) is 18.2 Å². The van der Waals surface area contributed by atoms with Gasteiger partial charge in [0.25, 0.3) is 0 Å². The summed E-state index contributed by atoms with van der Waals surface area (Å²) in [5, 5.41) is 13.8. The van der Waals surface area contributed by atoms with Crippen LogP contribution in [-0.2, 0) is 6.54 Å². The van der Waals surface area contributed by atoms with E-state index in [-0.39, 0.29) is 0 Å². The predicted molar refractivity (Wildman–Crippen MR) is 86.1 cm³/mol. The van der Waals surface area contributed by atoms with Crippen LogP contribution in [0.3, 0.4) is 0 Å². The van der Waals surface area contributed by atoms with Crippen molar-refractivity contribution in [3.8, 4) is 6.07 Å². The van der Waals surface area contributed by atoms with E-state index in [4.69, 9.17) is 5.26 Å². The van der Waals surface area contributed by atoms with E-state index in [2.05, 4.69) is 28.2 Å².